The van der Waals surface area contributed by atoms with E-state index in [1.165, 1.54) is 43.3 Å². The van der Waals surface area contributed by atoms with E-state index in [9.17, 15) is 44.4 Å². The summed E-state index contributed by atoms with van der Waals surface area (Å²) < 4.78 is 0. The second kappa shape index (κ2) is 14.5. The zero-order valence-electron chi connectivity index (χ0n) is 21.6. The number of carbonyl (C=O) groups excluding carboxylic acids is 4. The van der Waals surface area contributed by atoms with Crippen LogP contribution in [0, 0.1) is 0 Å². The lowest BCUT2D eigenvalue weighted by atomic mass is 10.0. The van der Waals surface area contributed by atoms with Crippen LogP contribution in [0.5, 0.6) is 11.5 Å². The van der Waals surface area contributed by atoms with E-state index in [1.807, 2.05) is 0 Å². The molecule has 14 nitrogen and oxygen atoms in total. The molecule has 40 heavy (non-hydrogen) atoms. The van der Waals surface area contributed by atoms with Gasteiger partial charge in [-0.3, -0.25) is 19.2 Å². The Bertz CT molecular complexity index is 1200. The maximum atomic E-state index is 13.0. The molecule has 0 radical (unpaired) electrons. The minimum atomic E-state index is -1.66. The number of phenolic OH excluding ortho intramolecular Hbond substituents is 2. The molecule has 0 fully saturated rings. The number of carbonyl (C=O) groups is 5. The number of aliphatic hydroxyl groups is 1. The van der Waals surface area contributed by atoms with Crippen LogP contribution >= 0.6 is 0 Å². The van der Waals surface area contributed by atoms with Gasteiger partial charge in [0.25, 0.3) is 0 Å². The summed E-state index contributed by atoms with van der Waals surface area (Å²) in [5.74, 6) is -5.25. The van der Waals surface area contributed by atoms with E-state index in [0.29, 0.717) is 11.1 Å². The number of hydrogen-bond acceptors (Lipinski definition) is 9. The molecular formula is C26H33N5O9. The van der Waals surface area contributed by atoms with Crippen molar-refractivity contribution in [2.75, 3.05) is 0 Å². The van der Waals surface area contributed by atoms with Gasteiger partial charge in [0.1, 0.15) is 29.6 Å². The van der Waals surface area contributed by atoms with Gasteiger partial charge in [-0.15, -0.1) is 0 Å². The summed E-state index contributed by atoms with van der Waals surface area (Å²) in [5, 5.41) is 45.3. The van der Waals surface area contributed by atoms with Gasteiger partial charge in [-0.1, -0.05) is 24.3 Å². The van der Waals surface area contributed by atoms with Crippen molar-refractivity contribution in [2.45, 2.75) is 56.5 Å². The van der Waals surface area contributed by atoms with Gasteiger partial charge in [0.05, 0.1) is 18.6 Å². The molecule has 0 bridgehead atoms. The van der Waals surface area contributed by atoms with Crippen molar-refractivity contribution in [1.29, 1.82) is 0 Å². The number of nitrogens with one attached hydrogen (secondary N) is 3. The van der Waals surface area contributed by atoms with E-state index in [0.717, 1.165) is 0 Å². The lowest BCUT2D eigenvalue weighted by Gasteiger charge is -2.26. The van der Waals surface area contributed by atoms with Crippen molar-refractivity contribution in [1.82, 2.24) is 16.0 Å². The van der Waals surface area contributed by atoms with E-state index in [4.69, 9.17) is 11.5 Å². The fraction of sp³-hybridized carbons (Fsp3) is 0.346. The number of carboxylic acid groups (broad SMARTS) is 1. The van der Waals surface area contributed by atoms with E-state index in [1.54, 1.807) is 12.1 Å². The van der Waals surface area contributed by atoms with E-state index < -0.39 is 66.3 Å². The second-order valence-corrected chi connectivity index (χ2v) is 9.21. The molecule has 0 aliphatic rings. The van der Waals surface area contributed by atoms with Crippen LogP contribution in [0.25, 0.3) is 0 Å². The predicted molar refractivity (Wildman–Crippen MR) is 141 cm³/mol. The monoisotopic (exact) mass is 559 g/mol. The number of nitrogens with two attached hydrogens (primary N) is 2. The summed E-state index contributed by atoms with van der Waals surface area (Å²) in [6.45, 7) is 1.18. The molecule has 0 aliphatic heterocycles. The lowest BCUT2D eigenvalue weighted by molar-refractivity contribution is -0.143. The number of aliphatic carboxylic acids is 1. The third-order valence-electron chi connectivity index (χ3n) is 5.82. The van der Waals surface area contributed by atoms with Gasteiger partial charge in [0.2, 0.25) is 23.6 Å². The molecular weight excluding hydrogens is 526 g/mol. The summed E-state index contributed by atoms with van der Waals surface area (Å²) >= 11 is 0. The van der Waals surface area contributed by atoms with Crippen molar-refractivity contribution in [3.05, 3.63) is 59.7 Å². The first kappa shape index (κ1) is 31.5. The Hall–Kier alpha value is -4.69. The van der Waals surface area contributed by atoms with E-state index >= 15 is 0 Å². The predicted octanol–water partition coefficient (Wildman–Crippen LogP) is -1.99. The quantitative estimate of drug-likeness (QED) is 0.123. The molecule has 0 spiro atoms. The first-order valence-corrected chi connectivity index (χ1v) is 12.2. The SMILES string of the molecule is CC(O)C(NC(=O)C(CC(N)=O)NC(=O)C(N)Cc1ccc(O)cc1)C(=O)NC(Cc1ccc(O)cc1)C(=O)O. The van der Waals surface area contributed by atoms with Crippen molar-refractivity contribution in [3.63, 3.8) is 0 Å². The topological polar surface area (TPSA) is 254 Å². The van der Waals surface area contributed by atoms with Crippen LogP contribution in [0.15, 0.2) is 48.5 Å². The first-order valence-electron chi connectivity index (χ1n) is 12.2. The van der Waals surface area contributed by atoms with Gasteiger partial charge >= 0.3 is 5.97 Å². The first-order chi connectivity index (χ1) is 18.8. The van der Waals surface area contributed by atoms with Gasteiger partial charge < -0.3 is 47.8 Å². The Balaban J connectivity index is 2.10. The molecule has 216 valence electrons. The molecule has 0 heterocycles. The highest BCUT2D eigenvalue weighted by atomic mass is 16.4. The second-order valence-electron chi connectivity index (χ2n) is 9.21. The zero-order chi connectivity index (χ0) is 30.0. The Morgan fingerprint density at radius 2 is 1.23 bits per heavy atom. The molecule has 0 aromatic heterocycles. The standard InChI is InChI=1S/C26H33N5O9/c1-13(32)22(25(38)30-20(26(39)40)11-15-4-8-17(34)9-5-15)31-24(37)19(12-21(28)35)29-23(36)18(27)10-14-2-6-16(33)7-3-14/h2-9,13,18-20,22,32-34H,10-12,27H2,1H3,(H2,28,35)(H,29,36)(H,30,38)(H,31,37)(H,39,40). The number of benzene rings is 2. The molecule has 0 saturated heterocycles. The molecule has 2 aromatic rings. The van der Waals surface area contributed by atoms with Gasteiger partial charge in [-0.2, -0.15) is 0 Å². The number of aliphatic hydroxyl groups excluding tert-OH is 1. The van der Waals surface area contributed by atoms with Crippen molar-refractivity contribution in [3.8, 4) is 11.5 Å². The maximum absolute atomic E-state index is 13.0. The Morgan fingerprint density at radius 3 is 1.68 bits per heavy atom. The average Bonchev–Trinajstić information content (AvgIpc) is 2.88. The van der Waals surface area contributed by atoms with Gasteiger partial charge in [0, 0.05) is 6.42 Å². The van der Waals surface area contributed by atoms with E-state index in [-0.39, 0.29) is 24.3 Å². The Labute approximate surface area is 229 Å². The van der Waals surface area contributed by atoms with E-state index in [2.05, 4.69) is 16.0 Å². The Morgan fingerprint density at radius 1 is 0.750 bits per heavy atom. The molecule has 0 aliphatic carbocycles. The summed E-state index contributed by atoms with van der Waals surface area (Å²) in [6.07, 6.45) is -2.29. The molecule has 5 unspecified atom stereocenters. The fourth-order valence-corrected chi connectivity index (χ4v) is 3.66. The third kappa shape index (κ3) is 9.89. The van der Waals surface area contributed by atoms with Gasteiger partial charge in [-0.25, -0.2) is 4.79 Å². The molecule has 2 aromatic carbocycles. The molecule has 2 rings (SSSR count). The molecule has 11 N–H and O–H groups in total. The number of hydrogen-bond donors (Lipinski definition) is 9. The van der Waals surface area contributed by atoms with Crippen LogP contribution in [0.4, 0.5) is 0 Å². The van der Waals surface area contributed by atoms with Crippen molar-refractivity contribution >= 4 is 29.6 Å². The summed E-state index contributed by atoms with van der Waals surface area (Å²) in [4.78, 5) is 61.8. The summed E-state index contributed by atoms with van der Waals surface area (Å²) in [7, 11) is 0. The van der Waals surface area contributed by atoms with Crippen molar-refractivity contribution < 1.29 is 44.4 Å². The summed E-state index contributed by atoms with van der Waals surface area (Å²) in [6, 6.07) is 5.72. The largest absolute Gasteiger partial charge is 0.508 e. The zero-order valence-corrected chi connectivity index (χ0v) is 21.6. The lowest BCUT2D eigenvalue weighted by Crippen LogP contribution is -2.60. The number of carboxylic acids is 1. The minimum absolute atomic E-state index is 0.0201. The van der Waals surface area contributed by atoms with Crippen LogP contribution in [0.2, 0.25) is 0 Å². The normalized spacial score (nSPS) is 14.6. The van der Waals surface area contributed by atoms with Crippen LogP contribution in [-0.4, -0.2) is 80.3 Å². The number of aromatic hydroxyl groups is 2. The number of rotatable bonds is 14. The van der Waals surface area contributed by atoms with Gasteiger partial charge in [-0.05, 0) is 48.7 Å². The highest BCUT2D eigenvalue weighted by molar-refractivity contribution is 5.96. The third-order valence-corrected chi connectivity index (χ3v) is 5.82. The van der Waals surface area contributed by atoms with Crippen molar-refractivity contribution in [2.24, 2.45) is 11.5 Å². The highest BCUT2D eigenvalue weighted by Crippen LogP contribution is 2.13. The number of phenols is 2. The van der Waals surface area contributed by atoms with Gasteiger partial charge in [0.15, 0.2) is 0 Å². The average molecular weight is 560 g/mol. The summed E-state index contributed by atoms with van der Waals surface area (Å²) in [5.41, 5.74) is 12.2. The smallest absolute Gasteiger partial charge is 0.326 e. The highest BCUT2D eigenvalue weighted by Gasteiger charge is 2.33. The molecule has 5 atom stereocenters. The number of amides is 4. The van der Waals surface area contributed by atoms with Crippen LogP contribution in [-0.2, 0) is 36.8 Å². The Kier molecular flexibility index (Phi) is 11.4. The maximum Gasteiger partial charge on any atom is 0.326 e. The number of primary amides is 1. The molecule has 0 saturated carbocycles. The molecule has 4 amide bonds. The van der Waals surface area contributed by atoms with Crippen LogP contribution in [0.3, 0.4) is 0 Å². The van der Waals surface area contributed by atoms with Crippen LogP contribution in [0.1, 0.15) is 24.5 Å². The fourth-order valence-electron chi connectivity index (χ4n) is 3.66. The molecule has 14 heteroatoms. The minimum Gasteiger partial charge on any atom is -0.508 e. The van der Waals surface area contributed by atoms with Crippen LogP contribution < -0.4 is 27.4 Å².